The zero-order valence-corrected chi connectivity index (χ0v) is 15.2. The molecule has 3 unspecified atom stereocenters. The fourth-order valence-corrected chi connectivity index (χ4v) is 5.24. The van der Waals surface area contributed by atoms with E-state index >= 15 is 0 Å². The maximum absolute atomic E-state index is 12.2. The molecule has 0 saturated heterocycles. The highest BCUT2D eigenvalue weighted by Gasteiger charge is 2.39. The van der Waals surface area contributed by atoms with Crippen LogP contribution < -0.4 is 10.6 Å². The number of hydrogen-bond donors (Lipinski definition) is 2. The molecule has 2 aliphatic rings. The maximum atomic E-state index is 12.2. The number of fused-ring (bicyclic) bond motifs is 2. The van der Waals surface area contributed by atoms with Crippen LogP contribution in [0.3, 0.4) is 0 Å². The lowest BCUT2D eigenvalue weighted by Gasteiger charge is -2.24. The number of halogens is 1. The van der Waals surface area contributed by atoms with Gasteiger partial charge in [0, 0.05) is 17.6 Å². The molecule has 2 aliphatic carbocycles. The molecule has 0 radical (unpaired) electrons. The van der Waals surface area contributed by atoms with Gasteiger partial charge in [0.1, 0.15) is 0 Å². The van der Waals surface area contributed by atoms with Gasteiger partial charge in [0.2, 0.25) is 0 Å². The highest BCUT2D eigenvalue weighted by atomic mass is 35.5. The van der Waals surface area contributed by atoms with Crippen molar-refractivity contribution in [2.24, 2.45) is 11.8 Å². The summed E-state index contributed by atoms with van der Waals surface area (Å²) in [6.07, 6.45) is 5.14. The van der Waals surface area contributed by atoms with Crippen LogP contribution in [0, 0.1) is 11.8 Å². The Morgan fingerprint density at radius 3 is 2.57 bits per heavy atom. The number of benzene rings is 1. The second kappa shape index (κ2) is 6.95. The molecule has 2 fully saturated rings. The van der Waals surface area contributed by atoms with Crippen LogP contribution in [-0.2, 0) is 9.84 Å². The normalized spacial score (nSPS) is 26.2. The van der Waals surface area contributed by atoms with Gasteiger partial charge in [0.15, 0.2) is 14.9 Å². The van der Waals surface area contributed by atoms with E-state index < -0.39 is 9.84 Å². The number of hydrogen-bond acceptors (Lipinski definition) is 3. The molecule has 0 aliphatic heterocycles. The Morgan fingerprint density at radius 2 is 1.96 bits per heavy atom. The minimum absolute atomic E-state index is 0.00712. The number of thiocarbonyl (C=S) groups is 1. The van der Waals surface area contributed by atoms with E-state index in [2.05, 4.69) is 10.6 Å². The predicted octanol–water partition coefficient (Wildman–Crippen LogP) is 2.77. The first-order valence-corrected chi connectivity index (χ1v) is 10.4. The van der Waals surface area contributed by atoms with E-state index in [0.29, 0.717) is 22.7 Å². The summed E-state index contributed by atoms with van der Waals surface area (Å²) in [4.78, 5) is 0.288. The third-order valence-corrected chi connectivity index (χ3v) is 7.13. The van der Waals surface area contributed by atoms with Crippen LogP contribution in [0.1, 0.15) is 25.7 Å². The molecule has 3 rings (SSSR count). The molecule has 0 aromatic heterocycles. The highest BCUT2D eigenvalue weighted by Crippen LogP contribution is 2.44. The second-order valence-electron chi connectivity index (χ2n) is 6.45. The number of nitrogens with one attached hydrogen (secondary N) is 2. The Labute approximate surface area is 147 Å². The van der Waals surface area contributed by atoms with Crippen molar-refractivity contribution in [3.8, 4) is 0 Å². The van der Waals surface area contributed by atoms with Gasteiger partial charge in [-0.25, -0.2) is 8.42 Å². The molecule has 4 nitrogen and oxygen atoms in total. The van der Waals surface area contributed by atoms with Gasteiger partial charge < -0.3 is 10.6 Å². The fraction of sp³-hybridized carbons (Fsp3) is 0.562. The fourth-order valence-electron chi connectivity index (χ4n) is 3.70. The summed E-state index contributed by atoms with van der Waals surface area (Å²) in [6, 6.07) is 6.70. The van der Waals surface area contributed by atoms with Gasteiger partial charge in [-0.1, -0.05) is 18.0 Å². The molecule has 3 atom stereocenters. The van der Waals surface area contributed by atoms with Crippen LogP contribution >= 0.6 is 23.8 Å². The lowest BCUT2D eigenvalue weighted by Crippen LogP contribution is -2.45. The van der Waals surface area contributed by atoms with Gasteiger partial charge in [0.25, 0.3) is 0 Å². The summed E-state index contributed by atoms with van der Waals surface area (Å²) in [6.45, 7) is 0.303. The molecule has 126 valence electrons. The first-order chi connectivity index (χ1) is 10.9. The molecule has 23 heavy (non-hydrogen) atoms. The minimum atomic E-state index is -3.32. The van der Waals surface area contributed by atoms with E-state index in [4.69, 9.17) is 23.8 Å². The lowest BCUT2D eigenvalue weighted by atomic mass is 9.96. The quantitative estimate of drug-likeness (QED) is 0.778. The van der Waals surface area contributed by atoms with Crippen molar-refractivity contribution in [3.05, 3.63) is 29.3 Å². The third-order valence-electron chi connectivity index (χ3n) is 4.88. The lowest BCUT2D eigenvalue weighted by molar-refractivity contribution is 0.389. The first kappa shape index (κ1) is 17.0. The van der Waals surface area contributed by atoms with Crippen molar-refractivity contribution in [3.63, 3.8) is 0 Å². The van der Waals surface area contributed by atoms with Crippen LogP contribution in [0.2, 0.25) is 5.02 Å². The van der Waals surface area contributed by atoms with Gasteiger partial charge in [0.05, 0.1) is 10.6 Å². The highest BCUT2D eigenvalue weighted by molar-refractivity contribution is 7.91. The van der Waals surface area contributed by atoms with E-state index in [-0.39, 0.29) is 10.6 Å². The maximum Gasteiger partial charge on any atom is 0.180 e. The monoisotopic (exact) mass is 372 g/mol. The van der Waals surface area contributed by atoms with Gasteiger partial charge >= 0.3 is 0 Å². The van der Waals surface area contributed by atoms with Crippen molar-refractivity contribution in [2.75, 3.05) is 12.3 Å². The van der Waals surface area contributed by atoms with E-state index in [9.17, 15) is 8.42 Å². The van der Waals surface area contributed by atoms with Crippen LogP contribution in [0.4, 0.5) is 0 Å². The zero-order valence-electron chi connectivity index (χ0n) is 12.8. The SMILES string of the molecule is O=S(=O)(CCNC(=S)NC1CC2CCC1C2)c1ccc(Cl)cc1. The molecule has 0 amide bonds. The Morgan fingerprint density at radius 1 is 1.22 bits per heavy atom. The Hall–Kier alpha value is -0.850. The van der Waals surface area contributed by atoms with E-state index in [1.54, 1.807) is 12.1 Å². The molecule has 2 saturated carbocycles. The van der Waals surface area contributed by atoms with Crippen molar-refractivity contribution in [2.45, 2.75) is 36.6 Å². The van der Waals surface area contributed by atoms with E-state index in [0.717, 1.165) is 11.8 Å². The summed E-state index contributed by atoms with van der Waals surface area (Å²) >= 11 is 11.1. The molecule has 2 bridgehead atoms. The van der Waals surface area contributed by atoms with E-state index in [1.807, 2.05) is 0 Å². The molecule has 0 heterocycles. The van der Waals surface area contributed by atoms with Crippen molar-refractivity contribution in [1.29, 1.82) is 0 Å². The van der Waals surface area contributed by atoms with Gasteiger partial charge in [-0.3, -0.25) is 0 Å². The summed E-state index contributed by atoms with van der Waals surface area (Å²) in [5, 5.41) is 7.46. The summed E-state index contributed by atoms with van der Waals surface area (Å²) in [7, 11) is -3.32. The first-order valence-electron chi connectivity index (χ1n) is 7.97. The molecule has 0 spiro atoms. The van der Waals surface area contributed by atoms with Crippen LogP contribution in [0.15, 0.2) is 29.2 Å². The number of sulfone groups is 1. The predicted molar refractivity (Wildman–Crippen MR) is 96.5 cm³/mol. The van der Waals surface area contributed by atoms with Crippen molar-refractivity contribution < 1.29 is 8.42 Å². The van der Waals surface area contributed by atoms with Gasteiger partial charge in [-0.15, -0.1) is 0 Å². The average molecular weight is 373 g/mol. The Kier molecular flexibility index (Phi) is 5.13. The average Bonchev–Trinajstić information content (AvgIpc) is 3.10. The topological polar surface area (TPSA) is 58.2 Å². The summed E-state index contributed by atoms with van der Waals surface area (Å²) < 4.78 is 24.5. The van der Waals surface area contributed by atoms with Crippen molar-refractivity contribution in [1.82, 2.24) is 10.6 Å². The largest absolute Gasteiger partial charge is 0.362 e. The van der Waals surface area contributed by atoms with Gasteiger partial charge in [-0.2, -0.15) is 0 Å². The minimum Gasteiger partial charge on any atom is -0.362 e. The van der Waals surface area contributed by atoms with Crippen LogP contribution in [0.25, 0.3) is 0 Å². The van der Waals surface area contributed by atoms with Crippen LogP contribution in [0.5, 0.6) is 0 Å². The summed E-state index contributed by atoms with van der Waals surface area (Å²) in [5.41, 5.74) is 0. The van der Waals surface area contributed by atoms with E-state index in [1.165, 1.54) is 37.8 Å². The van der Waals surface area contributed by atoms with Gasteiger partial charge in [-0.05, 0) is 67.6 Å². The number of rotatable bonds is 5. The standard InChI is InChI=1S/C16H21ClN2O2S2/c17-13-3-5-14(6-4-13)23(20,21)8-7-18-16(22)19-15-10-11-1-2-12(15)9-11/h3-6,11-12,15H,1-2,7-10H2,(H2,18,19,22). The summed E-state index contributed by atoms with van der Waals surface area (Å²) in [5.74, 6) is 1.59. The Balaban J connectivity index is 1.45. The second-order valence-corrected chi connectivity index (χ2v) is 9.41. The zero-order chi connectivity index (χ0) is 16.4. The van der Waals surface area contributed by atoms with Crippen molar-refractivity contribution >= 4 is 38.8 Å². The molecule has 1 aromatic rings. The smallest absolute Gasteiger partial charge is 0.180 e. The molecular formula is C16H21ClN2O2S2. The Bertz CT molecular complexity index is 676. The molecule has 2 N–H and O–H groups in total. The molecule has 7 heteroatoms. The molecule has 1 aromatic carbocycles. The molecular weight excluding hydrogens is 352 g/mol. The third kappa shape index (κ3) is 4.17. The van der Waals surface area contributed by atoms with Crippen LogP contribution in [-0.4, -0.2) is 31.9 Å².